The number of fused-ring (bicyclic) bond motifs is 2. The van der Waals surface area contributed by atoms with Crippen LogP contribution in [0.3, 0.4) is 0 Å². The summed E-state index contributed by atoms with van der Waals surface area (Å²) in [4.78, 5) is 125. The van der Waals surface area contributed by atoms with E-state index < -0.39 is 65.1 Å². The molecule has 0 bridgehead atoms. The Morgan fingerprint density at radius 1 is 0.621 bits per heavy atom. The molecule has 6 heterocycles. The van der Waals surface area contributed by atoms with Crippen LogP contribution in [0.2, 0.25) is 26.3 Å². The van der Waals surface area contributed by atoms with Gasteiger partial charge in [-0.1, -0.05) is 69.6 Å². The van der Waals surface area contributed by atoms with Crippen LogP contribution in [0.25, 0.3) is 0 Å². The van der Waals surface area contributed by atoms with Gasteiger partial charge in [0.2, 0.25) is 38.0 Å². The number of nitrogens with zero attached hydrogens (tertiary/aromatic N) is 14. The van der Waals surface area contributed by atoms with E-state index in [1.807, 2.05) is 32.6 Å². The van der Waals surface area contributed by atoms with Gasteiger partial charge in [0.15, 0.2) is 17.4 Å². The van der Waals surface area contributed by atoms with E-state index in [4.69, 9.17) is 94.0 Å². The second-order valence-corrected chi connectivity index (χ2v) is 33.9. The number of nitrogens with one attached hydrogen (secondary N) is 1. The fourth-order valence-electron chi connectivity index (χ4n) is 10.0. The molecule has 7 N–H and O–H groups in total. The number of amides is 1. The molecular weight excluding hydrogens is 1880 g/mol. The number of aliphatic carboxylic acids is 1. The van der Waals surface area contributed by atoms with Crippen LogP contribution in [0.15, 0.2) is 146 Å². The van der Waals surface area contributed by atoms with Crippen LogP contribution in [0, 0.1) is 49.3 Å². The van der Waals surface area contributed by atoms with E-state index in [9.17, 15) is 66.2 Å². The Bertz CT molecular complexity index is 4930. The van der Waals surface area contributed by atoms with E-state index in [0.717, 1.165) is 31.3 Å². The van der Waals surface area contributed by atoms with Crippen LogP contribution in [0.1, 0.15) is 86.6 Å². The molecule has 47 heteroatoms. The number of hydrogen-bond acceptors (Lipinski definition) is 30. The molecule has 34 nitrogen and oxygen atoms in total. The van der Waals surface area contributed by atoms with E-state index in [-0.39, 0.29) is 126 Å². The Hall–Kier alpha value is -10.2. The Morgan fingerprint density at radius 3 is 1.41 bits per heavy atom. The maximum atomic E-state index is 13.3. The number of aromatic nitrogens is 8. The van der Waals surface area contributed by atoms with Crippen LogP contribution in [0.4, 0.5) is 84.9 Å². The van der Waals surface area contributed by atoms with E-state index >= 15 is 0 Å². The van der Waals surface area contributed by atoms with Gasteiger partial charge in [0, 0.05) is 77.7 Å². The molecule has 676 valence electrons. The number of ether oxygens (including phenoxy) is 2. The number of hydrogen-bond donors (Lipinski definition) is 6. The van der Waals surface area contributed by atoms with Crippen LogP contribution in [0.5, 0.6) is 0 Å². The number of aliphatic hydroxyl groups excluding tert-OH is 1. The first-order chi connectivity index (χ1) is 57.4. The predicted molar refractivity (Wildman–Crippen MR) is 463 cm³/mol. The van der Waals surface area contributed by atoms with Crippen LogP contribution in [-0.4, -0.2) is 183 Å². The molecule has 4 aromatic heterocycles. The molecule has 5 aromatic carbocycles. The maximum Gasteiger partial charge on any atom is 0.324 e. The number of likely N-dealkylation sites (N-methyl/N-ethyl adjacent to an activating group) is 1. The van der Waals surface area contributed by atoms with Gasteiger partial charge < -0.3 is 50.3 Å². The summed E-state index contributed by atoms with van der Waals surface area (Å²) in [5, 5.41) is 56.4. The first kappa shape index (κ1) is 112. The third-order valence-electron chi connectivity index (χ3n) is 16.0. The summed E-state index contributed by atoms with van der Waals surface area (Å²) in [6.45, 7) is 14.4. The standard InChI is InChI=1S/C15H14ClFN4O4.C15H14ClFN4O.C15H13ClFN3O.C11H14FNO2.C6H6FN.C5H9BrO2.C4HCl2N3O2.C3H11O4P.C2H4O2.CH4.Fe/c1-3-11(14(22)25-2)20(10-6-4-9(17)5-7-10)13-12(21(23)24)8-18-15(16)19-13;1-3-11-14(22)20(2)12-8-18-15(16)19-13(12)21(11)10-6-4-9(17)5-7-10;1-2-12-13(21)7-9-8-18-15(16)19-14(9)20(12)11-5-3-10(17)4-6-11;1-2-10(11(15)7-14)13-9-5-3-8(12)4-6-9;7-5-1-3-6(8)4-2-5;1-3-4(6)5(7)8-2;5-3-2(9(10)11)1-7-4(6)8-3;1-8(2,3,6-4)7-5;1-2(3)4;;/h4-8,11H,3H2,1-2H3;4-8,11H,3H2,1-2H3;3-6,8,12H,2,7H2,1H3;3-6,10,13-14H,2,7H2,1H3;1-4H,8H2;4H,3H2,1-2H3;1H;4-5H,1-3H3;1H3,(H,3,4);1H4;. The number of esters is 2. The minimum Gasteiger partial charge on any atom is -0.399 e. The zero-order chi connectivity index (χ0) is 92.1. The van der Waals surface area contributed by atoms with Crippen molar-refractivity contribution in [1.29, 1.82) is 0 Å². The Morgan fingerprint density at radius 2 is 1.02 bits per heavy atom. The number of ketones is 2. The molecule has 11 rings (SSSR count). The molecule has 0 radical (unpaired) electrons. The quantitative estimate of drug-likeness (QED) is 0.00353. The van der Waals surface area contributed by atoms with Crippen molar-refractivity contribution in [2.45, 2.75) is 116 Å². The van der Waals surface area contributed by atoms with Gasteiger partial charge in [-0.3, -0.25) is 44.2 Å². The topological polar surface area (TPSA) is 461 Å². The minimum atomic E-state index is -2.99. The van der Waals surface area contributed by atoms with E-state index in [2.05, 4.69) is 75.2 Å². The summed E-state index contributed by atoms with van der Waals surface area (Å²) in [6, 6.07) is 26.4. The number of carboxylic acids is 1. The van der Waals surface area contributed by atoms with Gasteiger partial charge >= 0.3 is 70.2 Å². The first-order valence-corrected chi connectivity index (χ1v) is 42.0. The Kier molecular flexibility index (Phi) is 49.1. The number of alkyl halides is 1. The van der Waals surface area contributed by atoms with Gasteiger partial charge in [0.1, 0.15) is 76.5 Å². The van der Waals surface area contributed by atoms with Crippen molar-refractivity contribution < 1.29 is 117 Å². The number of carboxylic acid groups (broad SMARTS) is 1. The van der Waals surface area contributed by atoms with E-state index in [1.54, 1.807) is 61.5 Å². The van der Waals surface area contributed by atoms with Gasteiger partial charge in [-0.25, -0.2) is 46.7 Å². The number of carbonyl (C=O) groups is 6. The summed E-state index contributed by atoms with van der Waals surface area (Å²) in [5.74, 6) is -2.64. The number of benzene rings is 5. The summed E-state index contributed by atoms with van der Waals surface area (Å²) in [5.41, 5.74) is 8.75. The molecule has 1 amide bonds. The molecule has 0 spiro atoms. The smallest absolute Gasteiger partial charge is 0.324 e. The number of anilines is 9. The summed E-state index contributed by atoms with van der Waals surface area (Å²) in [6.07, 6.45) is 8.12. The van der Waals surface area contributed by atoms with Crippen molar-refractivity contribution in [3.05, 3.63) is 227 Å². The third kappa shape index (κ3) is 35.8. The van der Waals surface area contributed by atoms with Gasteiger partial charge in [0.05, 0.1) is 42.3 Å². The summed E-state index contributed by atoms with van der Waals surface area (Å²) >= 11 is 31.4. The largest absolute Gasteiger partial charge is 0.399 e. The second-order valence-electron chi connectivity index (χ2n) is 25.8. The molecule has 2 aliphatic heterocycles. The maximum absolute atomic E-state index is 13.3. The fourth-order valence-corrected chi connectivity index (χ4v) is 11.0. The zero-order valence-electron chi connectivity index (χ0n) is 67.5. The molecule has 5 unspecified atom stereocenters. The molecule has 2 aliphatic rings. The van der Waals surface area contributed by atoms with Crippen molar-refractivity contribution in [2.75, 3.05) is 78.5 Å². The van der Waals surface area contributed by atoms with Crippen molar-refractivity contribution >= 4 is 179 Å². The molecule has 9 aromatic rings. The van der Waals surface area contributed by atoms with Gasteiger partial charge in [-0.2, -0.15) is 19.9 Å². The number of nitrogens with two attached hydrogens (primary N) is 1. The van der Waals surface area contributed by atoms with Gasteiger partial charge in [-0.05, 0) is 200 Å². The molecule has 0 aliphatic carbocycles. The molecule has 0 saturated heterocycles. The van der Waals surface area contributed by atoms with Crippen molar-refractivity contribution in [3.63, 3.8) is 0 Å². The number of halogens is 11. The number of Topliss-reactive ketones (excluding diaryl/α,β-unsaturated/α-hetero) is 2. The number of nitrogen functional groups attached to an aromatic ring is 1. The number of rotatable bonds is 20. The summed E-state index contributed by atoms with van der Waals surface area (Å²) < 4.78 is 81.3. The second kappa shape index (κ2) is 54.5. The Labute approximate surface area is 753 Å². The molecule has 5 atom stereocenters. The third-order valence-corrected chi connectivity index (χ3v) is 19.1. The van der Waals surface area contributed by atoms with E-state index in [1.165, 1.54) is 135 Å². The molecule has 0 fully saturated rings. The number of aliphatic hydroxyl groups is 1. The molecular formula is C77H90BrCl5F5FeN16O18P. The van der Waals surface area contributed by atoms with Crippen LogP contribution in [-0.2, 0) is 71.1 Å². The van der Waals surface area contributed by atoms with Crippen molar-refractivity contribution in [2.24, 2.45) is 0 Å². The number of nitro groups is 2. The van der Waals surface area contributed by atoms with Crippen LogP contribution < -0.4 is 30.7 Å². The first-order valence-electron chi connectivity index (χ1n) is 35.7. The molecule has 124 heavy (non-hydrogen) atoms. The van der Waals surface area contributed by atoms with Gasteiger partial charge in [-0.15, -0.1) is 0 Å². The average molecular weight is 1970 g/mol. The minimum absolute atomic E-state index is 0. The van der Waals surface area contributed by atoms with E-state index in [0.29, 0.717) is 71.4 Å². The fraction of sp³-hybridized carbons (Fsp3) is 0.325. The normalized spacial score (nSPS) is 13.6. The van der Waals surface area contributed by atoms with Crippen molar-refractivity contribution in [3.8, 4) is 0 Å². The van der Waals surface area contributed by atoms with Gasteiger partial charge in [0.25, 0.3) is 5.97 Å². The van der Waals surface area contributed by atoms with Crippen LogP contribution >= 0.6 is 81.0 Å². The number of methoxy groups -OCH3 is 2. The molecule has 0 saturated carbocycles. The Balaban J connectivity index is 0.000000726. The monoisotopic (exact) mass is 1960 g/mol. The zero-order valence-corrected chi connectivity index (χ0v) is 74.9. The van der Waals surface area contributed by atoms with Crippen molar-refractivity contribution in [1.82, 2.24) is 39.9 Å². The predicted octanol–water partition coefficient (Wildman–Crippen LogP) is 17.7. The SMILES string of the molecule is C.CC(=O)O.CCC(Br)C(=O)OC.CCC(C(=O)OC)N(c1ccc(F)cc1)c1nc(Cl)ncc1[N+](=O)[O-].CCC(Nc1ccc(F)cc1)C(=O)CO.CCC1C(=O)Cc2cnc(Cl)nc2N1c1ccc(F)cc1.CCC1C(=O)N(C)c2cnc(Cl)nc2N1c1ccc(F)cc1.CP(C)(C)(OO)OO.Nc1ccc(F)cc1.O=[N+]([O-])c1cnc(Cl)nc1Cl.[Fe]. The number of carbonyl (C=O) groups excluding carboxylic acids is 5. The average Bonchev–Trinajstić information content (AvgIpc) is 0.762. The summed E-state index contributed by atoms with van der Waals surface area (Å²) in [7, 11) is 1.28.